The van der Waals surface area contributed by atoms with Crippen LogP contribution in [0.5, 0.6) is 0 Å². The Hall–Kier alpha value is -0.850. The molecule has 1 heterocycles. The average Bonchev–Trinajstić information content (AvgIpc) is 2.05. The van der Waals surface area contributed by atoms with E-state index < -0.39 is 0 Å². The molecule has 1 aromatic heterocycles. The van der Waals surface area contributed by atoms with Crippen LogP contribution in [-0.4, -0.2) is 0 Å². The van der Waals surface area contributed by atoms with Crippen molar-refractivity contribution >= 4 is 0 Å². The van der Waals surface area contributed by atoms with Crippen LogP contribution in [0.3, 0.4) is 0 Å². The molecule has 0 radical (unpaired) electrons. The molecule has 0 aromatic carbocycles. The highest BCUT2D eigenvalue weighted by molar-refractivity contribution is 5.04. The molecule has 11 heavy (non-hydrogen) atoms. The molecule has 0 atom stereocenters. The first-order valence-electron chi connectivity index (χ1n) is 4.23. The second kappa shape index (κ2) is 3.51. The third-order valence-corrected chi connectivity index (χ3v) is 1.89. The van der Waals surface area contributed by atoms with Gasteiger partial charge in [0.1, 0.15) is 0 Å². The quantitative estimate of drug-likeness (QED) is 0.568. The fourth-order valence-electron chi connectivity index (χ4n) is 1.07. The summed E-state index contributed by atoms with van der Waals surface area (Å²) in [6.45, 7) is 6.57. The van der Waals surface area contributed by atoms with Crippen LogP contribution in [-0.2, 0) is 6.42 Å². The number of pyridine rings is 1. The van der Waals surface area contributed by atoms with Gasteiger partial charge < -0.3 is 0 Å². The first kappa shape index (κ1) is 8.25. The standard InChI is InChI=1S/C10H16N/c1-4-10-6-5-7-11(8-10)9(2)3/h5-9H,4H2,1-3H3/q+1. The molecule has 0 saturated carbocycles. The van der Waals surface area contributed by atoms with E-state index >= 15 is 0 Å². The summed E-state index contributed by atoms with van der Waals surface area (Å²) >= 11 is 0. The molecule has 0 aliphatic rings. The van der Waals surface area contributed by atoms with Crippen molar-refractivity contribution < 1.29 is 4.57 Å². The maximum Gasteiger partial charge on any atom is 0.172 e. The van der Waals surface area contributed by atoms with Crippen molar-refractivity contribution in [3.05, 3.63) is 30.1 Å². The lowest BCUT2D eigenvalue weighted by Crippen LogP contribution is -2.35. The van der Waals surface area contributed by atoms with Gasteiger partial charge in [-0.1, -0.05) is 6.92 Å². The van der Waals surface area contributed by atoms with Gasteiger partial charge in [0.15, 0.2) is 18.4 Å². The second-order valence-electron chi connectivity index (χ2n) is 3.11. The molecule has 1 heteroatoms. The maximum absolute atomic E-state index is 2.23. The molecular weight excluding hydrogens is 134 g/mol. The van der Waals surface area contributed by atoms with Crippen LogP contribution in [0.25, 0.3) is 0 Å². The number of aromatic nitrogens is 1. The lowest BCUT2D eigenvalue weighted by molar-refractivity contribution is -0.716. The molecule has 0 unspecified atom stereocenters. The monoisotopic (exact) mass is 150 g/mol. The largest absolute Gasteiger partial charge is 0.203 e. The van der Waals surface area contributed by atoms with Crippen molar-refractivity contribution in [1.82, 2.24) is 0 Å². The minimum Gasteiger partial charge on any atom is -0.203 e. The molecule has 0 saturated heterocycles. The first-order valence-corrected chi connectivity index (χ1v) is 4.23. The number of aryl methyl sites for hydroxylation is 1. The van der Waals surface area contributed by atoms with Crippen LogP contribution in [0.2, 0.25) is 0 Å². The van der Waals surface area contributed by atoms with Crippen molar-refractivity contribution in [2.75, 3.05) is 0 Å². The Labute approximate surface area is 68.7 Å². The van der Waals surface area contributed by atoms with Crippen molar-refractivity contribution in [3.8, 4) is 0 Å². The van der Waals surface area contributed by atoms with Gasteiger partial charge in [-0.15, -0.1) is 0 Å². The Morgan fingerprint density at radius 2 is 2.18 bits per heavy atom. The highest BCUT2D eigenvalue weighted by atomic mass is 15.0. The van der Waals surface area contributed by atoms with E-state index in [0.29, 0.717) is 6.04 Å². The zero-order chi connectivity index (χ0) is 8.27. The fourth-order valence-corrected chi connectivity index (χ4v) is 1.07. The Kier molecular flexibility index (Phi) is 2.64. The molecular formula is C10H16N+. The lowest BCUT2D eigenvalue weighted by Gasteiger charge is -2.00. The molecule has 0 bridgehead atoms. The summed E-state index contributed by atoms with van der Waals surface area (Å²) < 4.78 is 2.23. The van der Waals surface area contributed by atoms with Crippen LogP contribution in [0, 0.1) is 0 Å². The van der Waals surface area contributed by atoms with Crippen LogP contribution < -0.4 is 4.57 Å². The molecule has 1 rings (SSSR count). The SMILES string of the molecule is CCc1ccc[n+](C(C)C)c1. The first-order chi connectivity index (χ1) is 5.24. The van der Waals surface area contributed by atoms with Crippen LogP contribution >= 0.6 is 0 Å². The number of hydrogen-bond donors (Lipinski definition) is 0. The Balaban J connectivity index is 2.91. The van der Waals surface area contributed by atoms with E-state index in [4.69, 9.17) is 0 Å². The number of hydrogen-bond acceptors (Lipinski definition) is 0. The molecule has 0 N–H and O–H groups in total. The van der Waals surface area contributed by atoms with Crippen molar-refractivity contribution in [3.63, 3.8) is 0 Å². The second-order valence-corrected chi connectivity index (χ2v) is 3.11. The van der Waals surface area contributed by atoms with E-state index in [9.17, 15) is 0 Å². The van der Waals surface area contributed by atoms with Gasteiger partial charge in [0.2, 0.25) is 0 Å². The summed E-state index contributed by atoms with van der Waals surface area (Å²) in [5.41, 5.74) is 1.40. The molecule has 0 aliphatic heterocycles. The molecule has 0 aliphatic carbocycles. The highest BCUT2D eigenvalue weighted by Crippen LogP contribution is 1.97. The third-order valence-electron chi connectivity index (χ3n) is 1.89. The molecule has 1 aromatic rings. The normalized spacial score (nSPS) is 10.5. The minimum atomic E-state index is 0.571. The lowest BCUT2D eigenvalue weighted by atomic mass is 10.2. The third kappa shape index (κ3) is 2.04. The predicted octanol–water partition coefficient (Wildman–Crippen LogP) is 2.12. The minimum absolute atomic E-state index is 0.571. The van der Waals surface area contributed by atoms with Gasteiger partial charge in [-0.3, -0.25) is 0 Å². The Bertz CT molecular complexity index is 228. The number of rotatable bonds is 2. The van der Waals surface area contributed by atoms with Gasteiger partial charge in [-0.05, 0) is 26.3 Å². The van der Waals surface area contributed by atoms with Gasteiger partial charge in [0.25, 0.3) is 0 Å². The summed E-state index contributed by atoms with van der Waals surface area (Å²) in [4.78, 5) is 0. The molecule has 0 fully saturated rings. The summed E-state index contributed by atoms with van der Waals surface area (Å²) in [6.07, 6.45) is 5.45. The van der Waals surface area contributed by atoms with E-state index in [1.807, 2.05) is 0 Å². The van der Waals surface area contributed by atoms with Gasteiger partial charge in [-0.25, -0.2) is 4.57 Å². The topological polar surface area (TPSA) is 3.88 Å². The average molecular weight is 150 g/mol. The summed E-state index contributed by atoms with van der Waals surface area (Å²) in [5.74, 6) is 0. The smallest absolute Gasteiger partial charge is 0.172 e. The van der Waals surface area contributed by atoms with E-state index in [0.717, 1.165) is 6.42 Å². The fraction of sp³-hybridized carbons (Fsp3) is 0.500. The van der Waals surface area contributed by atoms with E-state index in [-0.39, 0.29) is 0 Å². The Morgan fingerprint density at radius 3 is 2.73 bits per heavy atom. The van der Waals surface area contributed by atoms with Crippen LogP contribution in [0.1, 0.15) is 32.4 Å². The van der Waals surface area contributed by atoms with Gasteiger partial charge >= 0.3 is 0 Å². The zero-order valence-electron chi connectivity index (χ0n) is 7.54. The summed E-state index contributed by atoms with van der Waals surface area (Å²) in [6, 6.07) is 4.85. The molecule has 0 spiro atoms. The van der Waals surface area contributed by atoms with E-state index in [2.05, 4.69) is 49.9 Å². The van der Waals surface area contributed by atoms with Gasteiger partial charge in [-0.2, -0.15) is 0 Å². The summed E-state index contributed by atoms with van der Waals surface area (Å²) in [7, 11) is 0. The van der Waals surface area contributed by atoms with Crippen LogP contribution in [0.4, 0.5) is 0 Å². The highest BCUT2D eigenvalue weighted by Gasteiger charge is 2.04. The maximum atomic E-state index is 2.23. The molecule has 60 valence electrons. The van der Waals surface area contributed by atoms with Crippen molar-refractivity contribution in [1.29, 1.82) is 0 Å². The molecule has 1 nitrogen and oxygen atoms in total. The Morgan fingerprint density at radius 1 is 1.45 bits per heavy atom. The zero-order valence-corrected chi connectivity index (χ0v) is 7.54. The molecule has 0 amide bonds. The van der Waals surface area contributed by atoms with Crippen molar-refractivity contribution in [2.24, 2.45) is 0 Å². The summed E-state index contributed by atoms with van der Waals surface area (Å²) in [5, 5.41) is 0. The van der Waals surface area contributed by atoms with E-state index in [1.54, 1.807) is 0 Å². The van der Waals surface area contributed by atoms with Crippen molar-refractivity contribution in [2.45, 2.75) is 33.2 Å². The van der Waals surface area contributed by atoms with Gasteiger partial charge in [0, 0.05) is 11.6 Å². The van der Waals surface area contributed by atoms with Gasteiger partial charge in [0.05, 0.1) is 0 Å². The predicted molar refractivity (Wildman–Crippen MR) is 46.4 cm³/mol. The van der Waals surface area contributed by atoms with Crippen LogP contribution in [0.15, 0.2) is 24.5 Å². The number of nitrogens with zero attached hydrogens (tertiary/aromatic N) is 1. The van der Waals surface area contributed by atoms with E-state index in [1.165, 1.54) is 5.56 Å².